The Hall–Kier alpha value is -1.12. The standard InChI is InChI=1S/C8H11N3OS/c1-4-5-12-10-8-9-7(6(2)3)11-13-8/h1,6H,5H2,2-3H3,(H,9,10,11). The fraction of sp³-hybridized carbons (Fsp3) is 0.500. The molecule has 70 valence electrons. The lowest BCUT2D eigenvalue weighted by Gasteiger charge is -1.97. The van der Waals surface area contributed by atoms with E-state index in [4.69, 9.17) is 11.3 Å². The molecule has 0 amide bonds. The second kappa shape index (κ2) is 4.80. The maximum atomic E-state index is 5.00. The van der Waals surface area contributed by atoms with Crippen molar-refractivity contribution in [3.63, 3.8) is 0 Å². The second-order valence-electron chi connectivity index (χ2n) is 2.71. The summed E-state index contributed by atoms with van der Waals surface area (Å²) in [6.07, 6.45) is 5.00. The van der Waals surface area contributed by atoms with Crippen molar-refractivity contribution in [1.82, 2.24) is 9.36 Å². The SMILES string of the molecule is C#CCONc1nc(C(C)C)ns1. The van der Waals surface area contributed by atoms with E-state index in [0.717, 1.165) is 5.82 Å². The number of anilines is 1. The molecule has 1 N–H and O–H groups in total. The zero-order valence-electron chi connectivity index (χ0n) is 7.57. The van der Waals surface area contributed by atoms with Crippen LogP contribution < -0.4 is 5.48 Å². The average molecular weight is 197 g/mol. The summed E-state index contributed by atoms with van der Waals surface area (Å²) in [5, 5.41) is 0.638. The summed E-state index contributed by atoms with van der Waals surface area (Å²) in [7, 11) is 0. The van der Waals surface area contributed by atoms with Crippen molar-refractivity contribution in [3.05, 3.63) is 5.82 Å². The topological polar surface area (TPSA) is 47.0 Å². The van der Waals surface area contributed by atoms with Crippen molar-refractivity contribution in [1.29, 1.82) is 0 Å². The minimum absolute atomic E-state index is 0.219. The van der Waals surface area contributed by atoms with Gasteiger partial charge in [0.1, 0.15) is 12.4 Å². The Morgan fingerprint density at radius 1 is 1.69 bits per heavy atom. The maximum Gasteiger partial charge on any atom is 0.226 e. The van der Waals surface area contributed by atoms with Crippen molar-refractivity contribution in [2.75, 3.05) is 12.1 Å². The lowest BCUT2D eigenvalue weighted by atomic mass is 10.2. The van der Waals surface area contributed by atoms with Crippen molar-refractivity contribution in [3.8, 4) is 12.3 Å². The van der Waals surface area contributed by atoms with Gasteiger partial charge in [0.2, 0.25) is 5.13 Å². The summed E-state index contributed by atoms with van der Waals surface area (Å²) in [6.45, 7) is 4.29. The predicted molar refractivity (Wildman–Crippen MR) is 52.4 cm³/mol. The maximum absolute atomic E-state index is 5.00. The summed E-state index contributed by atoms with van der Waals surface area (Å²) in [6, 6.07) is 0. The highest BCUT2D eigenvalue weighted by Crippen LogP contribution is 2.16. The molecule has 0 saturated heterocycles. The molecule has 0 aromatic carbocycles. The Kier molecular flexibility index (Phi) is 3.68. The van der Waals surface area contributed by atoms with E-state index in [2.05, 4.69) is 20.8 Å². The van der Waals surface area contributed by atoms with Gasteiger partial charge in [-0.2, -0.15) is 4.37 Å². The van der Waals surface area contributed by atoms with Gasteiger partial charge in [0.05, 0.1) is 0 Å². The third-order valence-corrected chi connectivity index (χ3v) is 1.90. The van der Waals surface area contributed by atoms with Gasteiger partial charge in [0.25, 0.3) is 0 Å². The average Bonchev–Trinajstić information content (AvgIpc) is 2.53. The van der Waals surface area contributed by atoms with E-state index in [1.807, 2.05) is 13.8 Å². The molecule has 4 nitrogen and oxygen atoms in total. The molecule has 0 radical (unpaired) electrons. The van der Waals surface area contributed by atoms with Crippen LogP contribution in [0.2, 0.25) is 0 Å². The van der Waals surface area contributed by atoms with Gasteiger partial charge in [-0.05, 0) is 0 Å². The highest BCUT2D eigenvalue weighted by molar-refractivity contribution is 7.09. The van der Waals surface area contributed by atoms with Gasteiger partial charge < -0.3 is 0 Å². The Morgan fingerprint density at radius 2 is 2.46 bits per heavy atom. The lowest BCUT2D eigenvalue weighted by Crippen LogP contribution is -2.01. The van der Waals surface area contributed by atoms with Crippen molar-refractivity contribution in [2.45, 2.75) is 19.8 Å². The molecule has 0 aliphatic rings. The van der Waals surface area contributed by atoms with Gasteiger partial charge >= 0.3 is 0 Å². The van der Waals surface area contributed by atoms with E-state index in [1.165, 1.54) is 11.5 Å². The fourth-order valence-electron chi connectivity index (χ4n) is 0.650. The Labute approximate surface area is 81.5 Å². The van der Waals surface area contributed by atoms with Gasteiger partial charge in [-0.1, -0.05) is 19.8 Å². The summed E-state index contributed by atoms with van der Waals surface area (Å²) in [5.41, 5.74) is 2.62. The number of hydrogen-bond donors (Lipinski definition) is 1. The summed E-state index contributed by atoms with van der Waals surface area (Å²) >= 11 is 1.26. The second-order valence-corrected chi connectivity index (χ2v) is 3.46. The number of aromatic nitrogens is 2. The number of terminal acetylenes is 1. The molecule has 0 saturated carbocycles. The van der Waals surface area contributed by atoms with E-state index in [-0.39, 0.29) is 6.61 Å². The Bertz CT molecular complexity index is 303. The molecule has 13 heavy (non-hydrogen) atoms. The van der Waals surface area contributed by atoms with Gasteiger partial charge in [-0.15, -0.1) is 6.42 Å². The molecule has 0 aliphatic heterocycles. The zero-order chi connectivity index (χ0) is 9.68. The minimum Gasteiger partial charge on any atom is -0.261 e. The van der Waals surface area contributed by atoms with Crippen LogP contribution in [0.15, 0.2) is 0 Å². The first-order valence-corrected chi connectivity index (χ1v) is 4.66. The van der Waals surface area contributed by atoms with Crippen LogP contribution in [0.5, 0.6) is 0 Å². The van der Waals surface area contributed by atoms with Gasteiger partial charge in [0, 0.05) is 17.5 Å². The largest absolute Gasteiger partial charge is 0.261 e. The molecule has 0 spiro atoms. The van der Waals surface area contributed by atoms with E-state index < -0.39 is 0 Å². The van der Waals surface area contributed by atoms with Gasteiger partial charge in [-0.3, -0.25) is 4.84 Å². The molecule has 1 aromatic heterocycles. The zero-order valence-corrected chi connectivity index (χ0v) is 8.39. The normalized spacial score (nSPS) is 10.0. The van der Waals surface area contributed by atoms with Crippen LogP contribution in [-0.4, -0.2) is 16.0 Å². The third-order valence-electron chi connectivity index (χ3n) is 1.27. The lowest BCUT2D eigenvalue weighted by molar-refractivity contribution is 0.234. The molecule has 0 unspecified atom stereocenters. The predicted octanol–water partition coefficient (Wildman–Crippen LogP) is 1.64. The molecule has 0 aliphatic carbocycles. The van der Waals surface area contributed by atoms with Crippen LogP contribution in [0.4, 0.5) is 5.13 Å². The van der Waals surface area contributed by atoms with Crippen LogP contribution in [0, 0.1) is 12.3 Å². The summed E-state index contributed by atoms with van der Waals surface area (Å²) < 4.78 is 4.13. The molecule has 1 aromatic rings. The van der Waals surface area contributed by atoms with Gasteiger partial charge in [-0.25, -0.2) is 10.5 Å². The Morgan fingerprint density at radius 3 is 3.00 bits per heavy atom. The van der Waals surface area contributed by atoms with Crippen LogP contribution in [-0.2, 0) is 4.84 Å². The van der Waals surface area contributed by atoms with Crippen molar-refractivity contribution < 1.29 is 4.84 Å². The Balaban J connectivity index is 2.45. The molecule has 0 bridgehead atoms. The molecular weight excluding hydrogens is 186 g/mol. The molecule has 0 atom stereocenters. The highest BCUT2D eigenvalue weighted by Gasteiger charge is 2.06. The van der Waals surface area contributed by atoms with Crippen LogP contribution in [0.3, 0.4) is 0 Å². The van der Waals surface area contributed by atoms with E-state index in [1.54, 1.807) is 0 Å². The number of hydrogen-bond acceptors (Lipinski definition) is 5. The molecule has 1 heterocycles. The number of rotatable bonds is 4. The van der Waals surface area contributed by atoms with E-state index in [9.17, 15) is 0 Å². The van der Waals surface area contributed by atoms with Crippen molar-refractivity contribution in [2.24, 2.45) is 0 Å². The van der Waals surface area contributed by atoms with Crippen molar-refractivity contribution >= 4 is 16.7 Å². The van der Waals surface area contributed by atoms with Crippen LogP contribution >= 0.6 is 11.5 Å². The summed E-state index contributed by atoms with van der Waals surface area (Å²) in [5.74, 6) is 3.49. The van der Waals surface area contributed by atoms with Crippen LogP contribution in [0.25, 0.3) is 0 Å². The molecule has 5 heteroatoms. The third kappa shape index (κ3) is 3.01. The first kappa shape index (κ1) is 9.96. The smallest absolute Gasteiger partial charge is 0.226 e. The first-order chi connectivity index (χ1) is 6.24. The van der Waals surface area contributed by atoms with Gasteiger partial charge in [0.15, 0.2) is 0 Å². The fourth-order valence-corrected chi connectivity index (χ4v) is 1.31. The monoisotopic (exact) mass is 197 g/mol. The molecule has 0 fully saturated rings. The molecule has 1 rings (SSSR count). The number of nitrogens with zero attached hydrogens (tertiary/aromatic N) is 2. The minimum atomic E-state index is 0.219. The van der Waals surface area contributed by atoms with Crippen LogP contribution in [0.1, 0.15) is 25.6 Å². The number of nitrogens with one attached hydrogen (secondary N) is 1. The molecular formula is C8H11N3OS. The first-order valence-electron chi connectivity index (χ1n) is 3.89. The quantitative estimate of drug-likeness (QED) is 0.453. The highest BCUT2D eigenvalue weighted by atomic mass is 32.1. The van der Waals surface area contributed by atoms with E-state index in [0.29, 0.717) is 11.0 Å². The summed E-state index contributed by atoms with van der Waals surface area (Å²) in [4.78, 5) is 9.07. The van der Waals surface area contributed by atoms with E-state index >= 15 is 0 Å².